The van der Waals surface area contributed by atoms with Gasteiger partial charge in [-0.2, -0.15) is 0 Å². The zero-order valence-corrected chi connectivity index (χ0v) is 10.2. The molecule has 0 rings (SSSR count). The van der Waals surface area contributed by atoms with Crippen molar-refractivity contribution in [3.05, 3.63) is 0 Å². The summed E-state index contributed by atoms with van der Waals surface area (Å²) in [6.07, 6.45) is 2.40. The first-order valence-electron chi connectivity index (χ1n) is 5.45. The molecular formula is C11H26N2O. The van der Waals surface area contributed by atoms with Crippen LogP contribution in [0.15, 0.2) is 0 Å². The smallest absolute Gasteiger partial charge is 0.0589 e. The number of rotatable bonds is 8. The molecule has 14 heavy (non-hydrogen) atoms. The third-order valence-electron chi connectivity index (χ3n) is 2.68. The predicted octanol–water partition coefficient (Wildman–Crippen LogP) is 1.33. The monoisotopic (exact) mass is 202 g/mol. The van der Waals surface area contributed by atoms with Crippen molar-refractivity contribution in [2.75, 3.05) is 40.4 Å². The highest BCUT2D eigenvalue weighted by molar-refractivity contribution is 4.78. The zero-order valence-electron chi connectivity index (χ0n) is 10.2. The van der Waals surface area contributed by atoms with Crippen molar-refractivity contribution in [1.82, 2.24) is 4.90 Å². The standard InChI is InChI=1S/C11H26N2O/c1-5-6-11(2,9-12)10-13(3)7-8-14-4/h5-10,12H2,1-4H3. The Balaban J connectivity index is 3.89. The number of ether oxygens (including phenoxy) is 1. The summed E-state index contributed by atoms with van der Waals surface area (Å²) in [4.78, 5) is 2.30. The SMILES string of the molecule is CCCC(C)(CN)CN(C)CCOC. The Hall–Kier alpha value is -0.120. The maximum atomic E-state index is 5.81. The number of nitrogens with two attached hydrogens (primary N) is 1. The van der Waals surface area contributed by atoms with Gasteiger partial charge in [-0.3, -0.25) is 0 Å². The second-order valence-electron chi connectivity index (χ2n) is 4.50. The number of methoxy groups -OCH3 is 1. The summed E-state index contributed by atoms with van der Waals surface area (Å²) in [5.74, 6) is 0. The molecule has 0 spiro atoms. The molecule has 0 aliphatic rings. The van der Waals surface area contributed by atoms with Gasteiger partial charge in [0.1, 0.15) is 0 Å². The molecule has 0 saturated heterocycles. The van der Waals surface area contributed by atoms with Crippen LogP contribution in [0.2, 0.25) is 0 Å². The van der Waals surface area contributed by atoms with E-state index in [1.807, 2.05) is 0 Å². The Labute approximate surface area is 88.6 Å². The van der Waals surface area contributed by atoms with Crippen molar-refractivity contribution in [1.29, 1.82) is 0 Å². The van der Waals surface area contributed by atoms with E-state index in [4.69, 9.17) is 10.5 Å². The minimum atomic E-state index is 0.261. The third-order valence-corrected chi connectivity index (χ3v) is 2.68. The summed E-state index contributed by atoms with van der Waals surface area (Å²) in [6, 6.07) is 0. The predicted molar refractivity (Wildman–Crippen MR) is 61.4 cm³/mol. The summed E-state index contributed by atoms with van der Waals surface area (Å²) in [5.41, 5.74) is 6.07. The fourth-order valence-corrected chi connectivity index (χ4v) is 1.83. The van der Waals surface area contributed by atoms with Gasteiger partial charge < -0.3 is 15.4 Å². The third kappa shape index (κ3) is 5.58. The van der Waals surface area contributed by atoms with Crippen LogP contribution < -0.4 is 5.73 Å². The summed E-state index contributed by atoms with van der Waals surface area (Å²) >= 11 is 0. The fourth-order valence-electron chi connectivity index (χ4n) is 1.83. The van der Waals surface area contributed by atoms with Crippen LogP contribution in [0.3, 0.4) is 0 Å². The van der Waals surface area contributed by atoms with Gasteiger partial charge in [0.05, 0.1) is 6.61 Å². The van der Waals surface area contributed by atoms with E-state index in [1.54, 1.807) is 7.11 Å². The van der Waals surface area contributed by atoms with E-state index >= 15 is 0 Å². The van der Waals surface area contributed by atoms with E-state index in [-0.39, 0.29) is 5.41 Å². The molecule has 0 aliphatic carbocycles. The minimum Gasteiger partial charge on any atom is -0.383 e. The lowest BCUT2D eigenvalue weighted by Gasteiger charge is -2.32. The summed E-state index contributed by atoms with van der Waals surface area (Å²) in [5, 5.41) is 0. The van der Waals surface area contributed by atoms with E-state index < -0.39 is 0 Å². The summed E-state index contributed by atoms with van der Waals surface area (Å²) < 4.78 is 5.05. The normalized spacial score (nSPS) is 15.9. The van der Waals surface area contributed by atoms with Crippen molar-refractivity contribution in [3.8, 4) is 0 Å². The second-order valence-corrected chi connectivity index (χ2v) is 4.50. The zero-order chi connectivity index (χ0) is 11.0. The Morgan fingerprint density at radius 1 is 1.43 bits per heavy atom. The van der Waals surface area contributed by atoms with Gasteiger partial charge in [0.25, 0.3) is 0 Å². The molecule has 2 N–H and O–H groups in total. The first kappa shape index (κ1) is 13.9. The number of likely N-dealkylation sites (N-methyl/N-ethyl adjacent to an activating group) is 1. The van der Waals surface area contributed by atoms with Crippen LogP contribution >= 0.6 is 0 Å². The highest BCUT2D eigenvalue weighted by Crippen LogP contribution is 2.22. The van der Waals surface area contributed by atoms with E-state index in [0.717, 1.165) is 26.2 Å². The highest BCUT2D eigenvalue weighted by atomic mass is 16.5. The molecule has 0 fully saturated rings. The first-order chi connectivity index (χ1) is 6.58. The van der Waals surface area contributed by atoms with Crippen molar-refractivity contribution < 1.29 is 4.74 Å². The molecule has 0 aromatic rings. The highest BCUT2D eigenvalue weighted by Gasteiger charge is 2.22. The van der Waals surface area contributed by atoms with E-state index in [0.29, 0.717) is 0 Å². The van der Waals surface area contributed by atoms with Crippen LogP contribution in [0, 0.1) is 5.41 Å². The molecule has 3 nitrogen and oxygen atoms in total. The molecule has 0 aromatic carbocycles. The molecule has 1 atom stereocenters. The number of nitrogens with zero attached hydrogens (tertiary/aromatic N) is 1. The van der Waals surface area contributed by atoms with Gasteiger partial charge in [-0.05, 0) is 25.4 Å². The Morgan fingerprint density at radius 3 is 2.50 bits per heavy atom. The fraction of sp³-hybridized carbons (Fsp3) is 1.00. The van der Waals surface area contributed by atoms with Crippen molar-refractivity contribution in [2.24, 2.45) is 11.1 Å². The van der Waals surface area contributed by atoms with Crippen molar-refractivity contribution in [3.63, 3.8) is 0 Å². The quantitative estimate of drug-likeness (QED) is 0.645. The number of hydrogen-bond donors (Lipinski definition) is 1. The lowest BCUT2D eigenvalue weighted by atomic mass is 9.85. The largest absolute Gasteiger partial charge is 0.383 e. The van der Waals surface area contributed by atoms with Crippen LogP contribution in [0.5, 0.6) is 0 Å². The van der Waals surface area contributed by atoms with Gasteiger partial charge in [-0.25, -0.2) is 0 Å². The van der Waals surface area contributed by atoms with Gasteiger partial charge in [0, 0.05) is 20.2 Å². The Kier molecular flexibility index (Phi) is 7.15. The number of hydrogen-bond acceptors (Lipinski definition) is 3. The van der Waals surface area contributed by atoms with Crippen LogP contribution in [-0.4, -0.2) is 45.3 Å². The molecule has 0 heterocycles. The second kappa shape index (κ2) is 7.21. The van der Waals surface area contributed by atoms with E-state index in [9.17, 15) is 0 Å². The van der Waals surface area contributed by atoms with Gasteiger partial charge in [-0.1, -0.05) is 20.3 Å². The molecular weight excluding hydrogens is 176 g/mol. The van der Waals surface area contributed by atoms with Crippen LogP contribution in [0.1, 0.15) is 26.7 Å². The van der Waals surface area contributed by atoms with Crippen LogP contribution in [0.4, 0.5) is 0 Å². The maximum absolute atomic E-state index is 5.81. The lowest BCUT2D eigenvalue weighted by molar-refractivity contribution is 0.128. The van der Waals surface area contributed by atoms with E-state index in [2.05, 4.69) is 25.8 Å². The van der Waals surface area contributed by atoms with Gasteiger partial charge in [0.15, 0.2) is 0 Å². The summed E-state index contributed by atoms with van der Waals surface area (Å²) in [6.45, 7) is 8.07. The Bertz CT molecular complexity index is 141. The maximum Gasteiger partial charge on any atom is 0.0589 e. The van der Waals surface area contributed by atoms with Gasteiger partial charge in [0.2, 0.25) is 0 Å². The Morgan fingerprint density at radius 2 is 2.07 bits per heavy atom. The minimum absolute atomic E-state index is 0.261. The molecule has 3 heteroatoms. The molecule has 0 bridgehead atoms. The first-order valence-corrected chi connectivity index (χ1v) is 5.45. The van der Waals surface area contributed by atoms with Crippen molar-refractivity contribution in [2.45, 2.75) is 26.7 Å². The van der Waals surface area contributed by atoms with E-state index in [1.165, 1.54) is 12.8 Å². The molecule has 86 valence electrons. The average molecular weight is 202 g/mol. The molecule has 0 saturated carbocycles. The molecule has 0 aromatic heterocycles. The molecule has 0 radical (unpaired) electrons. The van der Waals surface area contributed by atoms with Crippen LogP contribution in [-0.2, 0) is 4.74 Å². The average Bonchev–Trinajstić information content (AvgIpc) is 2.15. The molecule has 1 unspecified atom stereocenters. The van der Waals surface area contributed by atoms with Crippen LogP contribution in [0.25, 0.3) is 0 Å². The molecule has 0 amide bonds. The van der Waals surface area contributed by atoms with Gasteiger partial charge >= 0.3 is 0 Å². The van der Waals surface area contributed by atoms with Crippen molar-refractivity contribution >= 4 is 0 Å². The lowest BCUT2D eigenvalue weighted by Crippen LogP contribution is -2.40. The molecule has 0 aliphatic heterocycles. The summed E-state index contributed by atoms with van der Waals surface area (Å²) in [7, 11) is 3.87. The van der Waals surface area contributed by atoms with Gasteiger partial charge in [-0.15, -0.1) is 0 Å². The topological polar surface area (TPSA) is 38.5 Å².